The molecule has 0 aromatic heterocycles. The number of halogens is 10. The van der Waals surface area contributed by atoms with E-state index in [1.165, 1.54) is 0 Å². The first-order valence-electron chi connectivity index (χ1n) is 2.73. The predicted molar refractivity (Wildman–Crippen MR) is 53.7 cm³/mol. The molecule has 0 bridgehead atoms. The Bertz CT molecular complexity index is 159. The van der Waals surface area contributed by atoms with Crippen molar-refractivity contribution in [3.63, 3.8) is 0 Å². The first-order valence-corrected chi connectivity index (χ1v) is 5.00. The Morgan fingerprint density at radius 1 is 0.800 bits per heavy atom. The third kappa shape index (κ3) is 25.6. The molecule has 0 rings (SSSR count). The van der Waals surface area contributed by atoms with Crippen molar-refractivity contribution in [3.05, 3.63) is 0 Å². The lowest BCUT2D eigenvalue weighted by Gasteiger charge is -2.17. The molecule has 1 nitrogen and oxygen atoms in total. The van der Waals surface area contributed by atoms with Gasteiger partial charge < -0.3 is 0 Å². The van der Waals surface area contributed by atoms with Gasteiger partial charge in [0.1, 0.15) is 0 Å². The van der Waals surface area contributed by atoms with Crippen LogP contribution in [0.4, 0.5) is 17.6 Å². The van der Waals surface area contributed by atoms with E-state index in [1.807, 2.05) is 0 Å². The fourth-order valence-corrected chi connectivity index (χ4v) is 1.18. The largest absolute Gasteiger partial charge is 0.416 e. The molecule has 0 aliphatic heterocycles. The normalized spacial score (nSPS) is 13.2. The van der Waals surface area contributed by atoms with Gasteiger partial charge in [0.25, 0.3) is 0 Å². The summed E-state index contributed by atoms with van der Waals surface area (Å²) < 4.78 is 41.8. The monoisotopic (exact) mass is 352 g/mol. The molecule has 11 heteroatoms. The van der Waals surface area contributed by atoms with Gasteiger partial charge in [-0.3, -0.25) is 4.74 Å². The van der Waals surface area contributed by atoms with Gasteiger partial charge >= 0.3 is 14.1 Å². The molecule has 15 heavy (non-hydrogen) atoms. The SMILES string of the molecule is ClC(Cl)(Cl)OC(Cl)(Cl)Cl.FCC(F)(F)F. The zero-order valence-electron chi connectivity index (χ0n) is 6.39. The fourth-order valence-electron chi connectivity index (χ4n) is 0.131. The molecule has 0 heterocycles. The summed E-state index contributed by atoms with van der Waals surface area (Å²) in [4.78, 5) is 0. The highest BCUT2D eigenvalue weighted by molar-refractivity contribution is 6.69. The van der Waals surface area contributed by atoms with Crippen molar-refractivity contribution in [2.24, 2.45) is 0 Å². The Morgan fingerprint density at radius 3 is 1.00 bits per heavy atom. The first-order chi connectivity index (χ1) is 6.27. The molecule has 0 saturated carbocycles. The minimum absolute atomic E-state index is 1.99. The number of alkyl halides is 10. The van der Waals surface area contributed by atoms with Gasteiger partial charge in [-0.25, -0.2) is 4.39 Å². The van der Waals surface area contributed by atoms with E-state index in [0.29, 0.717) is 0 Å². The summed E-state index contributed by atoms with van der Waals surface area (Å²) in [6.45, 7) is -2.23. The highest BCUT2D eigenvalue weighted by Gasteiger charge is 2.33. The minimum atomic E-state index is -4.62. The zero-order chi connectivity index (χ0) is 12.9. The Hall–Kier alpha value is 1.42. The van der Waals surface area contributed by atoms with Crippen LogP contribution in [0, 0.1) is 0 Å². The maximum Gasteiger partial charge on any atom is 0.416 e. The van der Waals surface area contributed by atoms with Gasteiger partial charge in [0, 0.05) is 0 Å². The van der Waals surface area contributed by atoms with E-state index < -0.39 is 20.8 Å². The standard InChI is InChI=1S/C2Cl6O.C2H2F4/c3-1(4,5)9-2(6,7)8;3-1-2(4,5)6/h;1H2. The molecule has 0 aliphatic carbocycles. The van der Waals surface area contributed by atoms with Crippen LogP contribution < -0.4 is 0 Å². The summed E-state index contributed by atoms with van der Waals surface area (Å²) in [5.41, 5.74) is 0. The summed E-state index contributed by atoms with van der Waals surface area (Å²) in [5, 5.41) is 0. The molecular weight excluding hydrogens is 353 g/mol. The van der Waals surface area contributed by atoms with Crippen LogP contribution in [0.2, 0.25) is 0 Å². The van der Waals surface area contributed by atoms with Gasteiger partial charge in [-0.1, -0.05) is 69.6 Å². The van der Waals surface area contributed by atoms with Gasteiger partial charge in [0.2, 0.25) is 0 Å². The third-order valence-corrected chi connectivity index (χ3v) is 0.846. The van der Waals surface area contributed by atoms with Crippen LogP contribution in [-0.2, 0) is 4.74 Å². The van der Waals surface area contributed by atoms with Gasteiger partial charge in [0.15, 0.2) is 6.67 Å². The van der Waals surface area contributed by atoms with Crippen LogP contribution in [0.3, 0.4) is 0 Å². The second-order valence-electron chi connectivity index (χ2n) is 1.74. The second kappa shape index (κ2) is 6.99. The molecule has 0 saturated heterocycles. The van der Waals surface area contributed by atoms with Crippen molar-refractivity contribution in [2.45, 2.75) is 14.1 Å². The average Bonchev–Trinajstić information content (AvgIpc) is 1.78. The molecule has 0 fully saturated rings. The maximum absolute atomic E-state index is 10.4. The lowest BCUT2D eigenvalue weighted by atomic mass is 10.8. The van der Waals surface area contributed by atoms with Crippen LogP contribution in [0.15, 0.2) is 0 Å². The van der Waals surface area contributed by atoms with Crippen molar-refractivity contribution in [2.75, 3.05) is 6.67 Å². The number of rotatable bonds is 0. The number of hydrogen-bond acceptors (Lipinski definition) is 1. The lowest BCUT2D eigenvalue weighted by molar-refractivity contribution is -0.142. The molecule has 0 spiro atoms. The summed E-state index contributed by atoms with van der Waals surface area (Å²) in [6, 6.07) is 0. The van der Waals surface area contributed by atoms with Crippen molar-refractivity contribution < 1.29 is 22.3 Å². The molecule has 0 aromatic carbocycles. The van der Waals surface area contributed by atoms with Crippen LogP contribution in [0.1, 0.15) is 0 Å². The topological polar surface area (TPSA) is 9.23 Å². The van der Waals surface area contributed by atoms with Crippen LogP contribution in [-0.4, -0.2) is 20.8 Å². The van der Waals surface area contributed by atoms with Gasteiger partial charge in [-0.2, -0.15) is 13.2 Å². The lowest BCUT2D eigenvalue weighted by Crippen LogP contribution is -2.19. The molecule has 0 aliphatic rings. The van der Waals surface area contributed by atoms with Crippen molar-refractivity contribution in [1.82, 2.24) is 0 Å². The van der Waals surface area contributed by atoms with Crippen molar-refractivity contribution in [3.8, 4) is 0 Å². The highest BCUT2D eigenvalue weighted by atomic mass is 35.6. The molecule has 0 atom stereocenters. The van der Waals surface area contributed by atoms with Crippen molar-refractivity contribution in [1.29, 1.82) is 0 Å². The van der Waals surface area contributed by atoms with Crippen molar-refractivity contribution >= 4 is 69.6 Å². The second-order valence-corrected chi connectivity index (χ2v) is 6.10. The maximum atomic E-state index is 10.4. The summed E-state index contributed by atoms with van der Waals surface area (Å²) in [6.07, 6.45) is -4.62. The van der Waals surface area contributed by atoms with E-state index in [-0.39, 0.29) is 0 Å². The fraction of sp³-hybridized carbons (Fsp3) is 1.00. The van der Waals surface area contributed by atoms with Gasteiger partial charge in [-0.05, 0) is 0 Å². The van der Waals surface area contributed by atoms with E-state index in [2.05, 4.69) is 4.74 Å². The molecule has 0 N–H and O–H groups in total. The Morgan fingerprint density at radius 2 is 1.00 bits per heavy atom. The van der Waals surface area contributed by atoms with Crippen LogP contribution >= 0.6 is 69.6 Å². The average molecular weight is 355 g/mol. The molecule has 0 unspecified atom stereocenters. The molecular formula is C4H2Cl6F4O. The Labute approximate surface area is 112 Å². The number of ether oxygens (including phenoxy) is 1. The first kappa shape index (κ1) is 18.8. The van der Waals surface area contributed by atoms with Gasteiger partial charge in [-0.15, -0.1) is 0 Å². The van der Waals surface area contributed by atoms with E-state index in [9.17, 15) is 17.6 Å². The summed E-state index contributed by atoms with van der Waals surface area (Å²) in [7, 11) is 0. The summed E-state index contributed by atoms with van der Waals surface area (Å²) in [5.74, 6) is 0. The van der Waals surface area contributed by atoms with E-state index in [0.717, 1.165) is 0 Å². The van der Waals surface area contributed by atoms with E-state index in [1.54, 1.807) is 0 Å². The highest BCUT2D eigenvalue weighted by Crippen LogP contribution is 2.39. The quantitative estimate of drug-likeness (QED) is 0.430. The van der Waals surface area contributed by atoms with E-state index in [4.69, 9.17) is 69.6 Å². The Kier molecular flexibility index (Phi) is 8.75. The molecule has 94 valence electrons. The van der Waals surface area contributed by atoms with Crippen LogP contribution in [0.5, 0.6) is 0 Å². The smallest absolute Gasteiger partial charge is 0.284 e. The Balaban J connectivity index is 0. The summed E-state index contributed by atoms with van der Waals surface area (Å²) >= 11 is 30.4. The number of hydrogen-bond donors (Lipinski definition) is 0. The zero-order valence-corrected chi connectivity index (χ0v) is 10.9. The van der Waals surface area contributed by atoms with Crippen LogP contribution in [0.25, 0.3) is 0 Å². The van der Waals surface area contributed by atoms with Gasteiger partial charge in [0.05, 0.1) is 0 Å². The minimum Gasteiger partial charge on any atom is -0.284 e. The molecule has 0 amide bonds. The predicted octanol–water partition coefficient (Wildman–Crippen LogP) is 5.18. The molecule has 0 radical (unpaired) electrons. The molecule has 0 aromatic rings. The third-order valence-electron chi connectivity index (χ3n) is 0.383. The van der Waals surface area contributed by atoms with E-state index >= 15 is 0 Å².